The molecule has 1 aliphatic heterocycles. The highest BCUT2D eigenvalue weighted by atomic mass is 32.1. The molecule has 5 heteroatoms. The number of thiophene rings is 1. The van der Waals surface area contributed by atoms with Gasteiger partial charge in [-0.3, -0.25) is 4.79 Å². The van der Waals surface area contributed by atoms with E-state index < -0.39 is 0 Å². The van der Waals surface area contributed by atoms with Crippen molar-refractivity contribution in [2.45, 2.75) is 32.4 Å². The first-order chi connectivity index (χ1) is 10.6. The van der Waals surface area contributed by atoms with Crippen molar-refractivity contribution in [1.29, 1.82) is 0 Å². The predicted molar refractivity (Wildman–Crippen MR) is 87.4 cm³/mol. The van der Waals surface area contributed by atoms with Crippen molar-refractivity contribution in [2.75, 3.05) is 5.32 Å². The summed E-state index contributed by atoms with van der Waals surface area (Å²) in [5, 5.41) is 17.3. The number of hydrogen-bond donors (Lipinski definition) is 3. The number of carbonyl (C=O) groups is 1. The molecule has 4 rings (SSSR count). The Labute approximate surface area is 133 Å². The normalized spacial score (nSPS) is 23.2. The van der Waals surface area contributed by atoms with Gasteiger partial charge in [-0.25, -0.2) is 0 Å². The van der Waals surface area contributed by atoms with Gasteiger partial charge in [-0.1, -0.05) is 25.1 Å². The van der Waals surface area contributed by atoms with Gasteiger partial charge < -0.3 is 15.7 Å². The summed E-state index contributed by atoms with van der Waals surface area (Å²) in [7, 11) is 0. The standard InChI is InChI=1S/C17H18N2O2S/c1-9-6-7-11-13(8-9)22-17-14(11)16(21)18-15(19-17)10-4-2-3-5-12(10)20/h2-5,9,15,19-20H,6-8H2,1H3,(H,18,21)/t9-,15+/m0/s1. The number of nitrogens with one attached hydrogen (secondary N) is 2. The first-order valence-electron chi connectivity index (χ1n) is 7.63. The average molecular weight is 314 g/mol. The van der Waals surface area contributed by atoms with E-state index >= 15 is 0 Å². The molecule has 2 heterocycles. The van der Waals surface area contributed by atoms with Crippen molar-refractivity contribution in [3.63, 3.8) is 0 Å². The summed E-state index contributed by atoms with van der Waals surface area (Å²) in [5.74, 6) is 0.845. The third-order valence-electron chi connectivity index (χ3n) is 4.54. The van der Waals surface area contributed by atoms with Crippen molar-refractivity contribution in [3.8, 4) is 5.75 Å². The molecular weight excluding hydrogens is 296 g/mol. The maximum Gasteiger partial charge on any atom is 0.256 e. The van der Waals surface area contributed by atoms with E-state index in [0.29, 0.717) is 11.5 Å². The Balaban J connectivity index is 1.73. The van der Waals surface area contributed by atoms with E-state index in [1.807, 2.05) is 12.1 Å². The zero-order valence-electron chi connectivity index (χ0n) is 12.3. The Bertz CT molecular complexity index is 753. The van der Waals surface area contributed by atoms with Crippen LogP contribution in [0.5, 0.6) is 5.75 Å². The van der Waals surface area contributed by atoms with Crippen LogP contribution in [0.3, 0.4) is 0 Å². The first kappa shape index (κ1) is 13.6. The second kappa shape index (κ2) is 5.02. The number of amides is 1. The second-order valence-corrected chi connectivity index (χ2v) is 7.27. The number of benzene rings is 1. The Morgan fingerprint density at radius 2 is 2.09 bits per heavy atom. The molecule has 2 aromatic rings. The summed E-state index contributed by atoms with van der Waals surface area (Å²) in [5.41, 5.74) is 2.73. The first-order valence-corrected chi connectivity index (χ1v) is 8.45. The molecule has 0 saturated carbocycles. The number of rotatable bonds is 1. The van der Waals surface area contributed by atoms with Gasteiger partial charge in [0.25, 0.3) is 5.91 Å². The lowest BCUT2D eigenvalue weighted by molar-refractivity contribution is 0.0935. The number of carbonyl (C=O) groups excluding carboxylic acids is 1. The van der Waals surface area contributed by atoms with Gasteiger partial charge in [0.05, 0.1) is 5.56 Å². The SMILES string of the molecule is C[C@H]1CCc2c(sc3c2C(=O)N[C@@H](c2ccccc2O)N3)C1. The number of phenols is 1. The molecule has 1 amide bonds. The smallest absolute Gasteiger partial charge is 0.256 e. The molecular formula is C17H18N2O2S. The molecule has 1 aromatic heterocycles. The maximum atomic E-state index is 12.6. The fraction of sp³-hybridized carbons (Fsp3) is 0.353. The summed E-state index contributed by atoms with van der Waals surface area (Å²) in [6.45, 7) is 2.26. The van der Waals surface area contributed by atoms with Gasteiger partial charge in [0, 0.05) is 10.4 Å². The summed E-state index contributed by atoms with van der Waals surface area (Å²) in [4.78, 5) is 13.9. The van der Waals surface area contributed by atoms with Crippen LogP contribution in [-0.2, 0) is 12.8 Å². The monoisotopic (exact) mass is 314 g/mol. The Morgan fingerprint density at radius 3 is 2.91 bits per heavy atom. The van der Waals surface area contributed by atoms with E-state index in [1.54, 1.807) is 23.5 Å². The van der Waals surface area contributed by atoms with E-state index in [0.717, 1.165) is 29.8 Å². The lowest BCUT2D eigenvalue weighted by atomic mass is 9.88. The van der Waals surface area contributed by atoms with Gasteiger partial charge in [-0.15, -0.1) is 11.3 Å². The Hall–Kier alpha value is -2.01. The minimum absolute atomic E-state index is 0.0333. The summed E-state index contributed by atoms with van der Waals surface area (Å²) in [6, 6.07) is 7.10. The fourth-order valence-corrected chi connectivity index (χ4v) is 4.79. The molecule has 4 nitrogen and oxygen atoms in total. The van der Waals surface area contributed by atoms with Crippen LogP contribution in [0.2, 0.25) is 0 Å². The van der Waals surface area contributed by atoms with E-state index in [4.69, 9.17) is 0 Å². The van der Waals surface area contributed by atoms with Crippen LogP contribution in [0.1, 0.15) is 45.9 Å². The third kappa shape index (κ3) is 2.08. The zero-order chi connectivity index (χ0) is 15.3. The summed E-state index contributed by atoms with van der Waals surface area (Å²) >= 11 is 1.70. The van der Waals surface area contributed by atoms with Crippen LogP contribution in [0.15, 0.2) is 24.3 Å². The topological polar surface area (TPSA) is 61.4 Å². The molecule has 0 saturated heterocycles. The van der Waals surface area contributed by atoms with Crippen molar-refractivity contribution in [1.82, 2.24) is 5.32 Å². The van der Waals surface area contributed by atoms with Crippen molar-refractivity contribution >= 4 is 22.2 Å². The molecule has 3 N–H and O–H groups in total. The van der Waals surface area contributed by atoms with Gasteiger partial charge in [0.15, 0.2) is 0 Å². The molecule has 22 heavy (non-hydrogen) atoms. The van der Waals surface area contributed by atoms with Gasteiger partial charge >= 0.3 is 0 Å². The van der Waals surface area contributed by atoms with E-state index in [-0.39, 0.29) is 17.8 Å². The number of aromatic hydroxyl groups is 1. The third-order valence-corrected chi connectivity index (χ3v) is 5.72. The van der Waals surface area contributed by atoms with E-state index in [9.17, 15) is 9.90 Å². The van der Waals surface area contributed by atoms with Crippen molar-refractivity contribution in [2.24, 2.45) is 5.92 Å². The molecule has 2 atom stereocenters. The molecule has 0 fully saturated rings. The molecule has 1 aliphatic carbocycles. The van der Waals surface area contributed by atoms with E-state index in [2.05, 4.69) is 17.6 Å². The van der Waals surface area contributed by atoms with Gasteiger partial charge in [0.2, 0.25) is 0 Å². The largest absolute Gasteiger partial charge is 0.508 e. The van der Waals surface area contributed by atoms with Crippen molar-refractivity contribution in [3.05, 3.63) is 45.8 Å². The average Bonchev–Trinajstić information content (AvgIpc) is 2.85. The van der Waals surface area contributed by atoms with E-state index in [1.165, 1.54) is 10.4 Å². The second-order valence-electron chi connectivity index (χ2n) is 6.17. The predicted octanol–water partition coefficient (Wildman–Crippen LogP) is 3.43. The summed E-state index contributed by atoms with van der Waals surface area (Å²) < 4.78 is 0. The quantitative estimate of drug-likeness (QED) is 0.756. The number of phenolic OH excluding ortho intramolecular Hbond substituents is 1. The van der Waals surface area contributed by atoms with Crippen LogP contribution in [0.25, 0.3) is 0 Å². The van der Waals surface area contributed by atoms with Crippen molar-refractivity contribution < 1.29 is 9.90 Å². The highest BCUT2D eigenvalue weighted by molar-refractivity contribution is 7.16. The minimum atomic E-state index is -0.376. The Kier molecular flexibility index (Phi) is 3.11. The fourth-order valence-electron chi connectivity index (χ4n) is 3.35. The molecule has 2 aliphatic rings. The number of anilines is 1. The zero-order valence-corrected chi connectivity index (χ0v) is 13.2. The van der Waals surface area contributed by atoms with Crippen LogP contribution < -0.4 is 10.6 Å². The highest BCUT2D eigenvalue weighted by Crippen LogP contribution is 2.43. The molecule has 1 aromatic carbocycles. The van der Waals surface area contributed by atoms with Gasteiger partial charge in [0.1, 0.15) is 16.9 Å². The molecule has 0 unspecified atom stereocenters. The van der Waals surface area contributed by atoms with Gasteiger partial charge in [-0.2, -0.15) is 0 Å². The number of hydrogen-bond acceptors (Lipinski definition) is 4. The number of para-hydroxylation sites is 1. The van der Waals surface area contributed by atoms with Crippen LogP contribution in [0, 0.1) is 5.92 Å². The molecule has 0 bridgehead atoms. The molecule has 114 valence electrons. The highest BCUT2D eigenvalue weighted by Gasteiger charge is 2.33. The molecule has 0 spiro atoms. The molecule has 0 radical (unpaired) electrons. The lowest BCUT2D eigenvalue weighted by Crippen LogP contribution is -2.38. The maximum absolute atomic E-state index is 12.6. The number of fused-ring (bicyclic) bond motifs is 3. The van der Waals surface area contributed by atoms with Crippen LogP contribution >= 0.6 is 11.3 Å². The van der Waals surface area contributed by atoms with Crippen LogP contribution in [-0.4, -0.2) is 11.0 Å². The van der Waals surface area contributed by atoms with Crippen LogP contribution in [0.4, 0.5) is 5.00 Å². The Morgan fingerprint density at radius 1 is 1.27 bits per heavy atom. The van der Waals surface area contributed by atoms with Gasteiger partial charge in [-0.05, 0) is 36.8 Å². The minimum Gasteiger partial charge on any atom is -0.508 e. The summed E-state index contributed by atoms with van der Waals surface area (Å²) in [6.07, 6.45) is 2.81. The lowest BCUT2D eigenvalue weighted by Gasteiger charge is -2.27.